The number of rotatable bonds is 7. The Morgan fingerprint density at radius 3 is 2.69 bits per heavy atom. The number of aromatic nitrogens is 3. The van der Waals surface area contributed by atoms with Gasteiger partial charge < -0.3 is 15.2 Å². The Morgan fingerprint density at radius 1 is 1.19 bits per heavy atom. The van der Waals surface area contributed by atoms with Crippen molar-refractivity contribution in [3.8, 4) is 11.5 Å². The van der Waals surface area contributed by atoms with Gasteiger partial charge in [-0.3, -0.25) is 4.79 Å². The van der Waals surface area contributed by atoms with Gasteiger partial charge in [-0.15, -0.1) is 0 Å². The molecule has 0 unspecified atom stereocenters. The molecule has 0 atom stereocenters. The van der Waals surface area contributed by atoms with E-state index in [4.69, 9.17) is 4.52 Å². The normalized spacial score (nSPS) is 10.5. The maximum absolute atomic E-state index is 11.6. The third-order valence-electron chi connectivity index (χ3n) is 3.74. The van der Waals surface area contributed by atoms with Crippen LogP contribution in [0.4, 0.5) is 11.5 Å². The average molecular weight is 351 g/mol. The number of carbonyl (C=O) groups is 1. The SMILES string of the molecule is CCCC(=O)Nc1ccc(CNc2ncccc2-c2nc(C)no2)cc1. The summed E-state index contributed by atoms with van der Waals surface area (Å²) < 4.78 is 5.23. The van der Waals surface area contributed by atoms with Gasteiger partial charge in [-0.1, -0.05) is 24.2 Å². The first-order valence-electron chi connectivity index (χ1n) is 8.54. The minimum atomic E-state index is 0.0337. The maximum atomic E-state index is 11.6. The summed E-state index contributed by atoms with van der Waals surface area (Å²) in [4.78, 5) is 20.2. The predicted octanol–water partition coefficient (Wildman–Crippen LogP) is 3.79. The monoisotopic (exact) mass is 351 g/mol. The zero-order valence-corrected chi connectivity index (χ0v) is 14.8. The fraction of sp³-hybridized carbons (Fsp3) is 0.263. The van der Waals surface area contributed by atoms with E-state index in [2.05, 4.69) is 25.8 Å². The number of nitrogens with one attached hydrogen (secondary N) is 2. The molecule has 0 aliphatic rings. The summed E-state index contributed by atoms with van der Waals surface area (Å²) in [6.07, 6.45) is 3.07. The molecule has 0 aliphatic carbocycles. The molecule has 0 aliphatic heterocycles. The van der Waals surface area contributed by atoms with Crippen LogP contribution in [0.25, 0.3) is 11.5 Å². The summed E-state index contributed by atoms with van der Waals surface area (Å²) in [7, 11) is 0. The first kappa shape index (κ1) is 17.6. The van der Waals surface area contributed by atoms with Crippen molar-refractivity contribution in [2.75, 3.05) is 10.6 Å². The highest BCUT2D eigenvalue weighted by atomic mass is 16.5. The molecule has 1 aromatic carbocycles. The maximum Gasteiger partial charge on any atom is 0.261 e. The van der Waals surface area contributed by atoms with Gasteiger partial charge in [0.1, 0.15) is 5.82 Å². The number of hydrogen-bond donors (Lipinski definition) is 2. The number of pyridine rings is 1. The highest BCUT2D eigenvalue weighted by Gasteiger charge is 2.12. The lowest BCUT2D eigenvalue weighted by atomic mass is 10.2. The van der Waals surface area contributed by atoms with Crippen LogP contribution in [0.2, 0.25) is 0 Å². The molecule has 2 aromatic heterocycles. The van der Waals surface area contributed by atoms with Crippen LogP contribution in [-0.2, 0) is 11.3 Å². The second-order valence-corrected chi connectivity index (χ2v) is 5.89. The van der Waals surface area contributed by atoms with Crippen molar-refractivity contribution in [2.24, 2.45) is 0 Å². The number of nitrogens with zero attached hydrogens (tertiary/aromatic N) is 3. The van der Waals surface area contributed by atoms with Gasteiger partial charge in [-0.2, -0.15) is 4.98 Å². The highest BCUT2D eigenvalue weighted by Crippen LogP contribution is 2.24. The largest absolute Gasteiger partial charge is 0.365 e. The van der Waals surface area contributed by atoms with E-state index in [1.807, 2.05) is 43.3 Å². The Kier molecular flexibility index (Phi) is 5.58. The predicted molar refractivity (Wildman–Crippen MR) is 99.6 cm³/mol. The Bertz CT molecular complexity index is 874. The summed E-state index contributed by atoms with van der Waals surface area (Å²) in [5.74, 6) is 1.73. The van der Waals surface area contributed by atoms with Gasteiger partial charge in [0.2, 0.25) is 5.91 Å². The molecule has 134 valence electrons. The summed E-state index contributed by atoms with van der Waals surface area (Å²) in [6.45, 7) is 4.34. The van der Waals surface area contributed by atoms with E-state index in [1.54, 1.807) is 13.1 Å². The van der Waals surface area contributed by atoms with Gasteiger partial charge in [-0.25, -0.2) is 4.98 Å². The van der Waals surface area contributed by atoms with Crippen molar-refractivity contribution in [1.82, 2.24) is 15.1 Å². The molecule has 26 heavy (non-hydrogen) atoms. The zero-order chi connectivity index (χ0) is 18.4. The van der Waals surface area contributed by atoms with E-state index in [9.17, 15) is 4.79 Å². The highest BCUT2D eigenvalue weighted by molar-refractivity contribution is 5.90. The first-order chi connectivity index (χ1) is 12.7. The lowest BCUT2D eigenvalue weighted by Crippen LogP contribution is -2.10. The van der Waals surface area contributed by atoms with Gasteiger partial charge >= 0.3 is 0 Å². The van der Waals surface area contributed by atoms with Crippen LogP contribution in [0.3, 0.4) is 0 Å². The van der Waals surface area contributed by atoms with Gasteiger partial charge in [0.15, 0.2) is 5.82 Å². The molecule has 0 saturated carbocycles. The van der Waals surface area contributed by atoms with Crippen molar-refractivity contribution in [2.45, 2.75) is 33.2 Å². The van der Waals surface area contributed by atoms with E-state index >= 15 is 0 Å². The summed E-state index contributed by atoms with van der Waals surface area (Å²) in [6, 6.07) is 11.4. The summed E-state index contributed by atoms with van der Waals surface area (Å²) >= 11 is 0. The van der Waals surface area contributed by atoms with Crippen LogP contribution < -0.4 is 10.6 Å². The van der Waals surface area contributed by atoms with Crippen LogP contribution in [0.15, 0.2) is 47.1 Å². The number of aryl methyl sites for hydroxylation is 1. The minimum Gasteiger partial charge on any atom is -0.365 e. The van der Waals surface area contributed by atoms with E-state index < -0.39 is 0 Å². The fourth-order valence-corrected chi connectivity index (χ4v) is 2.47. The molecule has 2 heterocycles. The van der Waals surface area contributed by atoms with E-state index in [0.717, 1.165) is 23.2 Å². The average Bonchev–Trinajstić information content (AvgIpc) is 3.08. The third-order valence-corrected chi connectivity index (χ3v) is 3.74. The number of hydrogen-bond acceptors (Lipinski definition) is 6. The molecule has 0 bridgehead atoms. The molecule has 3 aromatic rings. The molecule has 7 heteroatoms. The smallest absolute Gasteiger partial charge is 0.261 e. The Balaban J connectivity index is 1.65. The van der Waals surface area contributed by atoms with Crippen molar-refractivity contribution in [1.29, 1.82) is 0 Å². The number of amides is 1. The number of carbonyl (C=O) groups excluding carboxylic acids is 1. The van der Waals surface area contributed by atoms with Crippen molar-refractivity contribution in [3.63, 3.8) is 0 Å². The topological polar surface area (TPSA) is 92.9 Å². The molecule has 0 radical (unpaired) electrons. The van der Waals surface area contributed by atoms with Crippen molar-refractivity contribution in [3.05, 3.63) is 54.0 Å². The van der Waals surface area contributed by atoms with E-state index in [1.165, 1.54) is 0 Å². The van der Waals surface area contributed by atoms with Crippen LogP contribution >= 0.6 is 0 Å². The summed E-state index contributed by atoms with van der Waals surface area (Å²) in [5, 5.41) is 9.99. The van der Waals surface area contributed by atoms with Crippen LogP contribution in [0, 0.1) is 6.92 Å². The van der Waals surface area contributed by atoms with Gasteiger partial charge in [0.05, 0.1) is 5.56 Å². The standard InChI is InChI=1S/C19H21N5O2/c1-3-5-17(25)23-15-9-7-14(8-10-15)12-21-18-16(6-4-11-20-18)19-22-13(2)24-26-19/h4,6-11H,3,5,12H2,1-2H3,(H,20,21)(H,23,25). The van der Waals surface area contributed by atoms with Gasteiger partial charge in [0.25, 0.3) is 5.89 Å². The molecule has 2 N–H and O–H groups in total. The third kappa shape index (κ3) is 4.44. The minimum absolute atomic E-state index is 0.0337. The van der Waals surface area contributed by atoms with Crippen LogP contribution in [-0.4, -0.2) is 21.0 Å². The zero-order valence-electron chi connectivity index (χ0n) is 14.8. The molecule has 0 spiro atoms. The number of anilines is 2. The second kappa shape index (κ2) is 8.24. The van der Waals surface area contributed by atoms with E-state index in [0.29, 0.717) is 30.5 Å². The van der Waals surface area contributed by atoms with Crippen LogP contribution in [0.5, 0.6) is 0 Å². The van der Waals surface area contributed by atoms with Crippen LogP contribution in [0.1, 0.15) is 31.2 Å². The Labute approximate surface area is 151 Å². The Hall–Kier alpha value is -3.22. The first-order valence-corrected chi connectivity index (χ1v) is 8.54. The molecular formula is C19H21N5O2. The Morgan fingerprint density at radius 2 is 2.00 bits per heavy atom. The van der Waals surface area contributed by atoms with Gasteiger partial charge in [-0.05, 0) is 43.2 Å². The fourth-order valence-electron chi connectivity index (χ4n) is 2.47. The lowest BCUT2D eigenvalue weighted by molar-refractivity contribution is -0.116. The van der Waals surface area contributed by atoms with Crippen molar-refractivity contribution >= 4 is 17.4 Å². The quantitative estimate of drug-likeness (QED) is 0.673. The van der Waals surface area contributed by atoms with E-state index in [-0.39, 0.29) is 5.91 Å². The molecule has 0 fully saturated rings. The molecular weight excluding hydrogens is 330 g/mol. The summed E-state index contributed by atoms with van der Waals surface area (Å²) in [5.41, 5.74) is 2.63. The molecule has 1 amide bonds. The second-order valence-electron chi connectivity index (χ2n) is 5.89. The number of benzene rings is 1. The molecule has 0 saturated heterocycles. The molecule has 7 nitrogen and oxygen atoms in total. The van der Waals surface area contributed by atoms with Crippen molar-refractivity contribution < 1.29 is 9.32 Å². The lowest BCUT2D eigenvalue weighted by Gasteiger charge is -2.09. The van der Waals surface area contributed by atoms with Gasteiger partial charge in [0, 0.05) is 24.8 Å². The molecule has 3 rings (SSSR count).